The van der Waals surface area contributed by atoms with Crippen molar-refractivity contribution in [3.63, 3.8) is 0 Å². The van der Waals surface area contributed by atoms with Crippen LogP contribution in [-0.2, 0) is 30.2 Å². The van der Waals surface area contributed by atoms with E-state index in [1.807, 2.05) is 25.1 Å². The lowest BCUT2D eigenvalue weighted by Crippen LogP contribution is -2.44. The number of likely N-dealkylation sites (tertiary alicyclic amines) is 1. The molecular formula is C28H33N5O4S. The zero-order chi connectivity index (χ0) is 26.9. The van der Waals surface area contributed by atoms with Crippen molar-refractivity contribution in [3.05, 3.63) is 87.1 Å². The van der Waals surface area contributed by atoms with Gasteiger partial charge in [0.25, 0.3) is 5.56 Å². The number of hydrogen-bond donors (Lipinski definition) is 2. The van der Waals surface area contributed by atoms with Gasteiger partial charge in [0.15, 0.2) is 0 Å². The Bertz CT molecular complexity index is 1650. The first-order valence-electron chi connectivity index (χ1n) is 13.0. The molecule has 4 aromatic rings. The summed E-state index contributed by atoms with van der Waals surface area (Å²) in [6, 6.07) is 18.5. The van der Waals surface area contributed by atoms with Crippen LogP contribution in [0.3, 0.4) is 0 Å². The lowest BCUT2D eigenvalue weighted by Gasteiger charge is -2.32. The molecular weight excluding hydrogens is 502 g/mol. The number of hydrogen-bond acceptors (Lipinski definition) is 5. The Labute approximate surface area is 221 Å². The van der Waals surface area contributed by atoms with Crippen LogP contribution in [0, 0.1) is 0 Å². The van der Waals surface area contributed by atoms with E-state index in [-0.39, 0.29) is 22.2 Å². The molecule has 38 heavy (non-hydrogen) atoms. The minimum atomic E-state index is -3.67. The third-order valence-electron chi connectivity index (χ3n) is 7.21. The van der Waals surface area contributed by atoms with Crippen LogP contribution in [-0.4, -0.2) is 46.6 Å². The predicted octanol–water partition coefficient (Wildman–Crippen LogP) is 3.05. The molecule has 0 amide bonds. The Morgan fingerprint density at radius 1 is 1.00 bits per heavy atom. The normalized spacial score (nSPS) is 15.3. The first-order chi connectivity index (χ1) is 18.3. The van der Waals surface area contributed by atoms with Crippen molar-refractivity contribution >= 4 is 21.1 Å². The van der Waals surface area contributed by atoms with Crippen LogP contribution >= 0.6 is 0 Å². The number of benzene rings is 2. The summed E-state index contributed by atoms with van der Waals surface area (Å²) in [6.07, 6.45) is 2.26. The van der Waals surface area contributed by atoms with Crippen molar-refractivity contribution in [2.24, 2.45) is 7.05 Å². The SMILES string of the molecule is CCCn1c(=O)n(C)c(=O)c2[nH]c(-c3ccc(S(=O)(=O)NC4CCN(Cc5ccccc5)CC4)cc3)cc21. The van der Waals surface area contributed by atoms with Crippen LogP contribution in [0.5, 0.6) is 0 Å². The molecule has 0 unspecified atom stereocenters. The van der Waals surface area contributed by atoms with E-state index >= 15 is 0 Å². The third-order valence-corrected chi connectivity index (χ3v) is 8.74. The number of fused-ring (bicyclic) bond motifs is 1. The van der Waals surface area contributed by atoms with Gasteiger partial charge in [-0.25, -0.2) is 17.9 Å². The van der Waals surface area contributed by atoms with Crippen LogP contribution in [0.4, 0.5) is 0 Å². The van der Waals surface area contributed by atoms with E-state index in [4.69, 9.17) is 0 Å². The van der Waals surface area contributed by atoms with Crippen molar-refractivity contribution < 1.29 is 8.42 Å². The largest absolute Gasteiger partial charge is 0.349 e. The molecule has 2 aromatic heterocycles. The fraction of sp³-hybridized carbons (Fsp3) is 0.357. The monoisotopic (exact) mass is 535 g/mol. The second-order valence-electron chi connectivity index (χ2n) is 9.92. The van der Waals surface area contributed by atoms with Crippen LogP contribution in [0.2, 0.25) is 0 Å². The van der Waals surface area contributed by atoms with Gasteiger partial charge >= 0.3 is 5.69 Å². The smallest absolute Gasteiger partial charge is 0.331 e. The van der Waals surface area contributed by atoms with Gasteiger partial charge in [0.05, 0.1) is 10.4 Å². The van der Waals surface area contributed by atoms with Gasteiger partial charge < -0.3 is 4.98 Å². The number of rotatable bonds is 8. The molecule has 1 aliphatic heterocycles. The highest BCUT2D eigenvalue weighted by atomic mass is 32.2. The summed E-state index contributed by atoms with van der Waals surface area (Å²) in [5.74, 6) is 0. The van der Waals surface area contributed by atoms with E-state index in [0.717, 1.165) is 49.0 Å². The fourth-order valence-corrected chi connectivity index (χ4v) is 6.41. The molecule has 5 rings (SSSR count). The van der Waals surface area contributed by atoms with Crippen LogP contribution < -0.4 is 16.0 Å². The third kappa shape index (κ3) is 5.24. The first-order valence-corrected chi connectivity index (χ1v) is 14.5. The Hall–Kier alpha value is -3.47. The van der Waals surface area contributed by atoms with Gasteiger partial charge in [0, 0.05) is 45.0 Å². The number of nitrogens with one attached hydrogen (secondary N) is 2. The highest BCUT2D eigenvalue weighted by Crippen LogP contribution is 2.24. The maximum absolute atomic E-state index is 13.1. The second kappa shape index (κ2) is 10.7. The van der Waals surface area contributed by atoms with Crippen molar-refractivity contribution in [3.8, 4) is 11.3 Å². The first kappa shape index (κ1) is 26.1. The molecule has 200 valence electrons. The standard InChI is InChI=1S/C28H33N5O4S/c1-3-15-33-25-18-24(29-26(25)27(34)31(2)28(33)35)21-9-11-23(12-10-21)38(36,37)30-22-13-16-32(17-14-22)19-20-7-5-4-6-8-20/h4-12,18,22,29-30H,3,13-17,19H2,1-2H3. The summed E-state index contributed by atoms with van der Waals surface area (Å²) in [4.78, 5) is 30.9. The van der Waals surface area contributed by atoms with Crippen LogP contribution in [0.1, 0.15) is 31.7 Å². The van der Waals surface area contributed by atoms with E-state index in [1.165, 1.54) is 12.6 Å². The maximum Gasteiger partial charge on any atom is 0.331 e. The van der Waals surface area contributed by atoms with Gasteiger partial charge in [-0.05, 0) is 48.6 Å². The van der Waals surface area contributed by atoms with Gasteiger partial charge in [-0.3, -0.25) is 18.8 Å². The van der Waals surface area contributed by atoms with E-state index in [1.54, 1.807) is 34.9 Å². The quantitative estimate of drug-likeness (QED) is 0.361. The molecule has 1 aliphatic rings. The van der Waals surface area contributed by atoms with Gasteiger partial charge in [-0.1, -0.05) is 49.4 Å². The zero-order valence-corrected chi connectivity index (χ0v) is 22.5. The number of aryl methyl sites for hydroxylation is 1. The summed E-state index contributed by atoms with van der Waals surface area (Å²) < 4.78 is 31.7. The van der Waals surface area contributed by atoms with Gasteiger partial charge in [0.1, 0.15) is 5.52 Å². The summed E-state index contributed by atoms with van der Waals surface area (Å²) in [5, 5.41) is 0. The van der Waals surface area contributed by atoms with Crippen molar-refractivity contribution in [1.29, 1.82) is 0 Å². The molecule has 0 saturated carbocycles. The summed E-state index contributed by atoms with van der Waals surface area (Å²) in [5.41, 5.74) is 2.80. The molecule has 10 heteroatoms. The Morgan fingerprint density at radius 2 is 1.68 bits per heavy atom. The van der Waals surface area contributed by atoms with E-state index in [2.05, 4.69) is 26.7 Å². The molecule has 0 spiro atoms. The van der Waals surface area contributed by atoms with E-state index in [9.17, 15) is 18.0 Å². The Kier molecular flexibility index (Phi) is 7.38. The highest BCUT2D eigenvalue weighted by molar-refractivity contribution is 7.89. The van der Waals surface area contributed by atoms with E-state index < -0.39 is 10.0 Å². The predicted molar refractivity (Wildman–Crippen MR) is 149 cm³/mol. The van der Waals surface area contributed by atoms with Crippen molar-refractivity contribution in [2.75, 3.05) is 13.1 Å². The molecule has 0 atom stereocenters. The van der Waals surface area contributed by atoms with Crippen LogP contribution in [0.15, 0.2) is 75.1 Å². The number of sulfonamides is 1. The van der Waals surface area contributed by atoms with Crippen LogP contribution in [0.25, 0.3) is 22.3 Å². The average molecular weight is 536 g/mol. The number of H-pyrrole nitrogens is 1. The number of aromatic amines is 1. The van der Waals surface area contributed by atoms with Crippen molar-refractivity contribution in [2.45, 2.75) is 50.2 Å². The lowest BCUT2D eigenvalue weighted by atomic mass is 10.1. The Balaban J connectivity index is 1.29. The highest BCUT2D eigenvalue weighted by Gasteiger charge is 2.25. The summed E-state index contributed by atoms with van der Waals surface area (Å²) >= 11 is 0. The number of aromatic nitrogens is 3. The van der Waals surface area contributed by atoms with Gasteiger partial charge in [0.2, 0.25) is 10.0 Å². The molecule has 2 N–H and O–H groups in total. The average Bonchev–Trinajstić information content (AvgIpc) is 3.37. The van der Waals surface area contributed by atoms with Crippen molar-refractivity contribution in [1.82, 2.24) is 23.7 Å². The minimum Gasteiger partial charge on any atom is -0.349 e. The van der Waals surface area contributed by atoms with Gasteiger partial charge in [-0.15, -0.1) is 0 Å². The second-order valence-corrected chi connectivity index (χ2v) is 11.6. The minimum absolute atomic E-state index is 0.105. The molecule has 0 radical (unpaired) electrons. The molecule has 1 fully saturated rings. The molecule has 9 nitrogen and oxygen atoms in total. The van der Waals surface area contributed by atoms with Gasteiger partial charge in [-0.2, -0.15) is 0 Å². The molecule has 1 saturated heterocycles. The molecule has 0 aliphatic carbocycles. The topological polar surface area (TPSA) is 109 Å². The maximum atomic E-state index is 13.1. The summed E-state index contributed by atoms with van der Waals surface area (Å²) in [7, 11) is -2.20. The lowest BCUT2D eigenvalue weighted by molar-refractivity contribution is 0.200. The fourth-order valence-electron chi connectivity index (χ4n) is 5.11. The zero-order valence-electron chi connectivity index (χ0n) is 21.7. The van der Waals surface area contributed by atoms with E-state index in [0.29, 0.717) is 23.3 Å². The molecule has 2 aromatic carbocycles. The number of nitrogens with zero attached hydrogens (tertiary/aromatic N) is 3. The summed E-state index contributed by atoms with van der Waals surface area (Å²) in [6.45, 7) is 5.01. The number of piperidine rings is 1. The Morgan fingerprint density at radius 3 is 2.34 bits per heavy atom. The molecule has 3 heterocycles. The molecule has 0 bridgehead atoms.